The van der Waals surface area contributed by atoms with Crippen molar-refractivity contribution in [3.63, 3.8) is 0 Å². The van der Waals surface area contributed by atoms with Gasteiger partial charge in [-0.1, -0.05) is 29.9 Å². The van der Waals surface area contributed by atoms with E-state index in [4.69, 9.17) is 0 Å². The molecule has 0 N–H and O–H groups in total. The van der Waals surface area contributed by atoms with E-state index in [-0.39, 0.29) is 0 Å². The third-order valence-corrected chi connectivity index (χ3v) is 2.36. The predicted molar refractivity (Wildman–Crippen MR) is 43.8 cm³/mol. The molecule has 2 aliphatic rings. The molecule has 52 valence electrons. The zero-order valence-electron chi connectivity index (χ0n) is 6.19. The Morgan fingerprint density at radius 3 is 3.10 bits per heavy atom. The van der Waals surface area contributed by atoms with Gasteiger partial charge in [-0.3, -0.25) is 0 Å². The lowest BCUT2D eigenvalue weighted by atomic mass is 9.91. The summed E-state index contributed by atoms with van der Waals surface area (Å²) in [6.07, 6.45) is 9.37. The summed E-state index contributed by atoms with van der Waals surface area (Å²) in [5.74, 6) is 0. The second-order valence-electron chi connectivity index (χ2n) is 3.16. The highest BCUT2D eigenvalue weighted by Gasteiger charge is 2.14. The average Bonchev–Trinajstić information content (AvgIpc) is 2.33. The predicted octanol–water partition coefficient (Wildman–Crippen LogP) is 2.98. The van der Waals surface area contributed by atoms with Crippen LogP contribution in [0.1, 0.15) is 25.7 Å². The third-order valence-electron chi connectivity index (χ3n) is 2.36. The molecule has 0 heteroatoms. The van der Waals surface area contributed by atoms with E-state index in [9.17, 15) is 0 Å². The van der Waals surface area contributed by atoms with E-state index in [0.29, 0.717) is 0 Å². The largest absolute Gasteiger partial charge is 0.0995 e. The van der Waals surface area contributed by atoms with Crippen LogP contribution in [0.2, 0.25) is 0 Å². The molecule has 0 bridgehead atoms. The lowest BCUT2D eigenvalue weighted by molar-refractivity contribution is 0.823. The monoisotopic (exact) mass is 132 g/mol. The first kappa shape index (κ1) is 5.96. The summed E-state index contributed by atoms with van der Waals surface area (Å²) < 4.78 is 0. The van der Waals surface area contributed by atoms with Crippen molar-refractivity contribution in [2.24, 2.45) is 0 Å². The number of rotatable bonds is 0. The molecule has 0 unspecified atom stereocenters. The highest BCUT2D eigenvalue weighted by molar-refractivity contribution is 5.39. The molecule has 0 aromatic rings. The lowest BCUT2D eigenvalue weighted by Crippen LogP contribution is -1.96. The molecule has 0 radical (unpaired) electrons. The van der Waals surface area contributed by atoms with Crippen LogP contribution in [0, 0.1) is 0 Å². The maximum absolute atomic E-state index is 4.01. The topological polar surface area (TPSA) is 0 Å². The van der Waals surface area contributed by atoms with E-state index < -0.39 is 0 Å². The van der Waals surface area contributed by atoms with Gasteiger partial charge in [0.05, 0.1) is 0 Å². The summed E-state index contributed by atoms with van der Waals surface area (Å²) in [6, 6.07) is 0. The van der Waals surface area contributed by atoms with Gasteiger partial charge >= 0.3 is 0 Å². The van der Waals surface area contributed by atoms with E-state index in [1.54, 1.807) is 11.1 Å². The lowest BCUT2D eigenvalue weighted by Gasteiger charge is -2.15. The van der Waals surface area contributed by atoms with Crippen molar-refractivity contribution >= 4 is 0 Å². The fourth-order valence-corrected chi connectivity index (χ4v) is 1.72. The van der Waals surface area contributed by atoms with Crippen LogP contribution in [-0.4, -0.2) is 0 Å². The minimum atomic E-state index is 1.14. The van der Waals surface area contributed by atoms with Crippen LogP contribution in [-0.2, 0) is 0 Å². The Morgan fingerprint density at radius 2 is 2.20 bits per heavy atom. The zero-order chi connectivity index (χ0) is 6.97. The van der Waals surface area contributed by atoms with Gasteiger partial charge < -0.3 is 0 Å². The van der Waals surface area contributed by atoms with E-state index in [1.807, 2.05) is 0 Å². The van der Waals surface area contributed by atoms with Gasteiger partial charge in [-0.2, -0.15) is 0 Å². The molecular formula is C10H12. The van der Waals surface area contributed by atoms with Crippen LogP contribution in [0.5, 0.6) is 0 Å². The Morgan fingerprint density at radius 1 is 1.30 bits per heavy atom. The molecule has 10 heavy (non-hydrogen) atoms. The molecular weight excluding hydrogens is 120 g/mol. The van der Waals surface area contributed by atoms with Crippen LogP contribution in [0.3, 0.4) is 0 Å². The molecule has 0 fully saturated rings. The van der Waals surface area contributed by atoms with Crippen LogP contribution < -0.4 is 0 Å². The summed E-state index contributed by atoms with van der Waals surface area (Å²) >= 11 is 0. The maximum Gasteiger partial charge on any atom is -0.00701 e. The van der Waals surface area contributed by atoms with Crippen molar-refractivity contribution in [3.05, 3.63) is 35.5 Å². The zero-order valence-corrected chi connectivity index (χ0v) is 6.19. The second kappa shape index (κ2) is 2.12. The molecule has 0 aromatic carbocycles. The van der Waals surface area contributed by atoms with E-state index in [1.165, 1.54) is 24.8 Å². The molecule has 0 saturated heterocycles. The van der Waals surface area contributed by atoms with Crippen LogP contribution in [0.15, 0.2) is 35.5 Å². The van der Waals surface area contributed by atoms with Gasteiger partial charge in [0.1, 0.15) is 0 Å². The molecule has 0 heterocycles. The van der Waals surface area contributed by atoms with Gasteiger partial charge in [0, 0.05) is 0 Å². The van der Waals surface area contributed by atoms with E-state index >= 15 is 0 Å². The molecule has 2 aliphatic carbocycles. The summed E-state index contributed by atoms with van der Waals surface area (Å²) in [5, 5.41) is 0. The molecule has 0 aliphatic heterocycles. The standard InChI is InChI=1S/C10H12/c1-8-5-6-9-3-2-4-10(9)7-8/h2,4H,1,3,5-7H2. The molecule has 0 aromatic heterocycles. The minimum absolute atomic E-state index is 1.14. The summed E-state index contributed by atoms with van der Waals surface area (Å²) in [4.78, 5) is 0. The van der Waals surface area contributed by atoms with Gasteiger partial charge in [0.15, 0.2) is 0 Å². The van der Waals surface area contributed by atoms with Crippen LogP contribution in [0.25, 0.3) is 0 Å². The minimum Gasteiger partial charge on any atom is -0.0995 e. The third kappa shape index (κ3) is 0.841. The summed E-state index contributed by atoms with van der Waals surface area (Å²) in [5.41, 5.74) is 4.62. The van der Waals surface area contributed by atoms with Crippen molar-refractivity contribution < 1.29 is 0 Å². The van der Waals surface area contributed by atoms with Gasteiger partial charge in [-0.25, -0.2) is 0 Å². The smallest absolute Gasteiger partial charge is 0.00701 e. The first-order valence-electron chi connectivity index (χ1n) is 3.90. The van der Waals surface area contributed by atoms with E-state index in [0.717, 1.165) is 6.42 Å². The van der Waals surface area contributed by atoms with Crippen molar-refractivity contribution in [1.29, 1.82) is 0 Å². The van der Waals surface area contributed by atoms with Gasteiger partial charge in [0.2, 0.25) is 0 Å². The summed E-state index contributed by atoms with van der Waals surface area (Å²) in [7, 11) is 0. The van der Waals surface area contributed by atoms with Crippen LogP contribution in [0.4, 0.5) is 0 Å². The fourth-order valence-electron chi connectivity index (χ4n) is 1.72. The quantitative estimate of drug-likeness (QED) is 0.444. The molecule has 0 atom stereocenters. The SMILES string of the molecule is C=C1CCC2=C(C=CC2)C1. The number of allylic oxidation sites excluding steroid dienone is 5. The maximum atomic E-state index is 4.01. The Balaban J connectivity index is 2.27. The average molecular weight is 132 g/mol. The Hall–Kier alpha value is -0.780. The number of hydrogen-bond donors (Lipinski definition) is 0. The van der Waals surface area contributed by atoms with Gasteiger partial charge in [0.25, 0.3) is 0 Å². The second-order valence-corrected chi connectivity index (χ2v) is 3.16. The Kier molecular flexibility index (Phi) is 1.26. The van der Waals surface area contributed by atoms with Crippen molar-refractivity contribution in [2.45, 2.75) is 25.7 Å². The van der Waals surface area contributed by atoms with Gasteiger partial charge in [-0.15, -0.1) is 0 Å². The highest BCUT2D eigenvalue weighted by atomic mass is 14.2. The van der Waals surface area contributed by atoms with Crippen molar-refractivity contribution in [2.75, 3.05) is 0 Å². The molecule has 2 rings (SSSR count). The Labute approximate surface area is 61.9 Å². The fraction of sp³-hybridized carbons (Fsp3) is 0.400. The molecule has 0 spiro atoms. The van der Waals surface area contributed by atoms with Crippen molar-refractivity contribution in [1.82, 2.24) is 0 Å². The number of hydrogen-bond acceptors (Lipinski definition) is 0. The van der Waals surface area contributed by atoms with Crippen molar-refractivity contribution in [3.8, 4) is 0 Å². The molecule has 0 amide bonds. The van der Waals surface area contributed by atoms with Crippen LogP contribution >= 0.6 is 0 Å². The first-order valence-corrected chi connectivity index (χ1v) is 3.90. The molecule has 0 nitrogen and oxygen atoms in total. The van der Waals surface area contributed by atoms with E-state index in [2.05, 4.69) is 18.7 Å². The van der Waals surface area contributed by atoms with Gasteiger partial charge in [-0.05, 0) is 31.3 Å². The Bertz CT molecular complexity index is 228. The molecule has 0 saturated carbocycles. The first-order chi connectivity index (χ1) is 4.86. The highest BCUT2D eigenvalue weighted by Crippen LogP contribution is 2.34. The summed E-state index contributed by atoms with van der Waals surface area (Å²) in [6.45, 7) is 4.01. The normalized spacial score (nSPS) is 23.8.